The molecule has 2 aromatic rings. The Morgan fingerprint density at radius 3 is 2.28 bits per heavy atom. The minimum absolute atomic E-state index is 0.0224. The molecule has 0 saturated carbocycles. The highest BCUT2D eigenvalue weighted by Crippen LogP contribution is 2.52. The Morgan fingerprint density at radius 1 is 1.04 bits per heavy atom. The molecule has 2 fully saturated rings. The number of methoxy groups -OCH3 is 1. The van der Waals surface area contributed by atoms with Crippen LogP contribution in [0.1, 0.15) is 62.6 Å². The van der Waals surface area contributed by atoms with E-state index in [1.807, 2.05) is 48.6 Å². The fourth-order valence-corrected chi connectivity index (χ4v) is 7.51. The summed E-state index contributed by atoms with van der Waals surface area (Å²) in [7, 11) is 1.47. The fraction of sp³-hybridized carbons (Fsp3) is 0.455. The molecule has 0 radical (unpaired) electrons. The summed E-state index contributed by atoms with van der Waals surface area (Å²) in [5.74, 6) is -3.55. The lowest BCUT2D eigenvalue weighted by atomic mass is 9.68. The van der Waals surface area contributed by atoms with Gasteiger partial charge in [0.15, 0.2) is 11.5 Å². The van der Waals surface area contributed by atoms with Crippen LogP contribution in [0.3, 0.4) is 0 Å². The van der Waals surface area contributed by atoms with Gasteiger partial charge in [0.1, 0.15) is 0 Å². The molecule has 46 heavy (non-hydrogen) atoms. The highest BCUT2D eigenvalue weighted by molar-refractivity contribution is 14.1. The lowest BCUT2D eigenvalue weighted by Crippen LogP contribution is -2.34. The van der Waals surface area contributed by atoms with Gasteiger partial charge in [-0.05, 0) is 96.7 Å². The highest BCUT2D eigenvalue weighted by Gasteiger charge is 2.57. The van der Waals surface area contributed by atoms with E-state index < -0.39 is 58.7 Å². The van der Waals surface area contributed by atoms with Gasteiger partial charge in [0.25, 0.3) is 0 Å². The molecular weight excluding hydrogens is 731 g/mol. The largest absolute Gasteiger partial charge is 0.504 e. The molecule has 13 heteroatoms. The highest BCUT2D eigenvalue weighted by atomic mass is 127. The molecule has 1 N–H and O–H groups in total. The van der Waals surface area contributed by atoms with Crippen molar-refractivity contribution < 1.29 is 50.5 Å². The topological polar surface area (TPSA) is 76.1 Å². The molecule has 0 unspecified atom stereocenters. The quantitative estimate of drug-likeness (QED) is 0.126. The number of carbonyl (C=O) groups excluding carboxylic acids is 2. The average Bonchev–Trinajstić information content (AvgIpc) is 3.51. The Labute approximate surface area is 275 Å². The molecule has 2 amide bonds. The second-order valence-electron chi connectivity index (χ2n) is 11.9. The number of halogens is 7. The molecule has 2 saturated heterocycles. The number of carbonyl (C=O) groups is 2. The summed E-state index contributed by atoms with van der Waals surface area (Å²) in [6.45, 7) is 4.04. The zero-order valence-corrected chi connectivity index (χ0v) is 27.3. The van der Waals surface area contributed by atoms with E-state index in [0.717, 1.165) is 28.7 Å². The first-order valence-corrected chi connectivity index (χ1v) is 15.9. The molecule has 248 valence electrons. The molecule has 3 aliphatic rings. The SMILES string of the molecule is CCCC1=C2[C@@H](CC/C(C)=C/c3cc(I)c(O)c(OC)c3)OC[C@@H]2[C@@H]2C(=O)N(c3cc(C(F)(F)F)cc(C(F)(F)F)c3)C(=O)[C@@H]2C1. The van der Waals surface area contributed by atoms with Crippen molar-refractivity contribution in [2.24, 2.45) is 17.8 Å². The number of benzene rings is 2. The van der Waals surface area contributed by atoms with Crippen molar-refractivity contribution in [2.45, 2.75) is 64.4 Å². The standard InChI is InChI=1S/C33H32F6INO5/c1-4-5-18-11-22-28(31(44)41(30(22)43)21-13-19(32(34,35)36)12-20(14-21)33(37,38)39)23-15-46-25(27(18)23)7-6-16(2)8-17-9-24(40)29(42)26(10-17)45-3/h8-10,12-14,22-23,25,28,42H,4-7,11,15H2,1-3H3/b16-8+/t22-,23+,25-,28-/m1/s1. The Balaban J connectivity index is 1.42. The first-order chi connectivity index (χ1) is 21.5. The molecule has 2 aromatic carbocycles. The first kappa shape index (κ1) is 34.3. The van der Waals surface area contributed by atoms with Gasteiger partial charge in [-0.25, -0.2) is 4.90 Å². The van der Waals surface area contributed by atoms with Gasteiger partial charge in [-0.1, -0.05) is 30.6 Å². The number of nitrogens with zero attached hydrogens (tertiary/aromatic N) is 1. The van der Waals surface area contributed by atoms with Crippen molar-refractivity contribution in [3.63, 3.8) is 0 Å². The van der Waals surface area contributed by atoms with Gasteiger partial charge in [0, 0.05) is 5.92 Å². The summed E-state index contributed by atoms with van der Waals surface area (Å²) < 4.78 is 93.6. The number of amides is 2. The summed E-state index contributed by atoms with van der Waals surface area (Å²) in [5, 5.41) is 10.1. The van der Waals surface area contributed by atoms with Crippen LogP contribution < -0.4 is 9.64 Å². The molecular formula is C33H32F6INO5. The van der Waals surface area contributed by atoms with Crippen molar-refractivity contribution in [2.75, 3.05) is 18.6 Å². The first-order valence-electron chi connectivity index (χ1n) is 14.8. The summed E-state index contributed by atoms with van der Waals surface area (Å²) in [6.07, 6.45) is -5.88. The van der Waals surface area contributed by atoms with Crippen molar-refractivity contribution in [1.29, 1.82) is 0 Å². The number of anilines is 1. The van der Waals surface area contributed by atoms with Gasteiger partial charge in [-0.3, -0.25) is 9.59 Å². The van der Waals surface area contributed by atoms with E-state index in [1.165, 1.54) is 7.11 Å². The van der Waals surface area contributed by atoms with Gasteiger partial charge in [-0.15, -0.1) is 0 Å². The average molecular weight is 764 g/mol. The van der Waals surface area contributed by atoms with Crippen molar-refractivity contribution >= 4 is 46.2 Å². The van der Waals surface area contributed by atoms with Crippen LogP contribution in [0.25, 0.3) is 6.08 Å². The summed E-state index contributed by atoms with van der Waals surface area (Å²) >= 11 is 2.02. The second kappa shape index (κ2) is 12.9. The molecule has 5 rings (SSSR count). The zero-order valence-electron chi connectivity index (χ0n) is 25.2. The van der Waals surface area contributed by atoms with E-state index in [2.05, 4.69) is 0 Å². The van der Waals surface area contributed by atoms with Crippen LogP contribution in [0, 0.1) is 21.3 Å². The van der Waals surface area contributed by atoms with Crippen LogP contribution in [0.2, 0.25) is 0 Å². The normalized spacial score (nSPS) is 23.7. The third kappa shape index (κ3) is 6.54. The molecule has 6 nitrogen and oxygen atoms in total. The number of phenolic OH excluding ortho intramolecular Hbond substituents is 1. The van der Waals surface area contributed by atoms with Crippen molar-refractivity contribution in [3.05, 3.63) is 67.3 Å². The number of hydrogen-bond acceptors (Lipinski definition) is 5. The predicted octanol–water partition coefficient (Wildman–Crippen LogP) is 8.55. The van der Waals surface area contributed by atoms with E-state index in [0.29, 0.717) is 45.6 Å². The van der Waals surface area contributed by atoms with Gasteiger partial charge < -0.3 is 14.6 Å². The van der Waals surface area contributed by atoms with Crippen LogP contribution in [0.4, 0.5) is 32.0 Å². The Morgan fingerprint density at radius 2 is 1.70 bits per heavy atom. The number of allylic oxidation sites excluding steroid dienone is 2. The van der Waals surface area contributed by atoms with Crippen LogP contribution in [0.5, 0.6) is 11.5 Å². The van der Waals surface area contributed by atoms with Crippen LogP contribution in [-0.4, -0.2) is 36.7 Å². The minimum Gasteiger partial charge on any atom is -0.504 e. The molecule has 2 heterocycles. The number of fused-ring (bicyclic) bond motifs is 3. The number of alkyl halides is 6. The number of phenols is 1. The van der Waals surface area contributed by atoms with Crippen molar-refractivity contribution in [1.82, 2.24) is 0 Å². The molecule has 0 spiro atoms. The molecule has 4 atom stereocenters. The number of hydrogen-bond donors (Lipinski definition) is 1. The van der Waals surface area contributed by atoms with Gasteiger partial charge in [0.05, 0.1) is 52.0 Å². The maximum Gasteiger partial charge on any atom is 0.416 e. The number of aromatic hydroxyl groups is 1. The monoisotopic (exact) mass is 763 g/mol. The lowest BCUT2D eigenvalue weighted by Gasteiger charge is -2.31. The third-order valence-electron chi connectivity index (χ3n) is 8.88. The molecule has 1 aliphatic carbocycles. The fourth-order valence-electron chi connectivity index (χ4n) is 6.88. The summed E-state index contributed by atoms with van der Waals surface area (Å²) in [6, 6.07) is 4.38. The summed E-state index contributed by atoms with van der Waals surface area (Å²) in [5.41, 5.74) is -0.185. The number of ether oxygens (including phenoxy) is 2. The van der Waals surface area contributed by atoms with Crippen LogP contribution in [0.15, 0.2) is 47.1 Å². The Bertz CT molecular complexity index is 1580. The van der Waals surface area contributed by atoms with Gasteiger partial charge >= 0.3 is 12.4 Å². The van der Waals surface area contributed by atoms with Gasteiger partial charge in [-0.2, -0.15) is 26.3 Å². The zero-order chi connectivity index (χ0) is 33.7. The molecule has 0 bridgehead atoms. The van der Waals surface area contributed by atoms with E-state index in [1.54, 1.807) is 6.07 Å². The van der Waals surface area contributed by atoms with E-state index >= 15 is 0 Å². The predicted molar refractivity (Wildman–Crippen MR) is 166 cm³/mol. The second-order valence-corrected chi connectivity index (χ2v) is 13.1. The Kier molecular flexibility index (Phi) is 9.57. The third-order valence-corrected chi connectivity index (χ3v) is 9.70. The van der Waals surface area contributed by atoms with Crippen LogP contribution in [-0.2, 0) is 26.7 Å². The maximum atomic E-state index is 13.8. The van der Waals surface area contributed by atoms with E-state index in [4.69, 9.17) is 9.47 Å². The van der Waals surface area contributed by atoms with E-state index in [9.17, 15) is 41.0 Å². The van der Waals surface area contributed by atoms with Gasteiger partial charge in [0.2, 0.25) is 11.8 Å². The maximum absolute atomic E-state index is 13.8. The smallest absolute Gasteiger partial charge is 0.416 e. The van der Waals surface area contributed by atoms with E-state index in [-0.39, 0.29) is 30.9 Å². The molecule has 0 aromatic heterocycles. The number of rotatable bonds is 8. The lowest BCUT2D eigenvalue weighted by molar-refractivity contribution is -0.143. The number of imide groups is 1. The molecule has 2 aliphatic heterocycles. The van der Waals surface area contributed by atoms with Crippen molar-refractivity contribution in [3.8, 4) is 11.5 Å². The Hall–Kier alpha value is -3.07. The van der Waals surface area contributed by atoms with Crippen LogP contribution >= 0.6 is 22.6 Å². The minimum atomic E-state index is -5.12. The summed E-state index contributed by atoms with van der Waals surface area (Å²) in [4.78, 5) is 27.9.